The van der Waals surface area contributed by atoms with Gasteiger partial charge in [-0.1, -0.05) is 13.8 Å². The van der Waals surface area contributed by atoms with Gasteiger partial charge in [0.05, 0.1) is 7.11 Å². The Balaban J connectivity index is 2.12. The quantitative estimate of drug-likeness (QED) is 0.842. The van der Waals surface area contributed by atoms with Gasteiger partial charge in [-0.05, 0) is 24.1 Å². The van der Waals surface area contributed by atoms with Gasteiger partial charge in [-0.3, -0.25) is 4.79 Å². The lowest BCUT2D eigenvalue weighted by atomic mass is 10.0. The van der Waals surface area contributed by atoms with Crippen LogP contribution < -0.4 is 14.8 Å². The lowest BCUT2D eigenvalue weighted by molar-refractivity contribution is -0.144. The second-order valence-electron chi connectivity index (χ2n) is 4.79. The number of fused-ring (bicyclic) bond motifs is 1. The van der Waals surface area contributed by atoms with Crippen LogP contribution in [0.5, 0.6) is 11.5 Å². The number of hydrogen-bond donors (Lipinski definition) is 1. The van der Waals surface area contributed by atoms with Crippen molar-refractivity contribution < 1.29 is 23.8 Å². The fourth-order valence-corrected chi connectivity index (χ4v) is 1.89. The molecule has 2 rings (SSSR count). The van der Waals surface area contributed by atoms with Crippen molar-refractivity contribution in [2.45, 2.75) is 19.9 Å². The Morgan fingerprint density at radius 3 is 2.60 bits per heavy atom. The van der Waals surface area contributed by atoms with E-state index in [1.54, 1.807) is 18.2 Å². The molecule has 0 fully saturated rings. The van der Waals surface area contributed by atoms with Crippen LogP contribution in [0.4, 0.5) is 0 Å². The molecule has 0 saturated carbocycles. The van der Waals surface area contributed by atoms with Crippen LogP contribution >= 0.6 is 0 Å². The molecule has 0 aromatic heterocycles. The Bertz CT molecular complexity index is 526. The van der Waals surface area contributed by atoms with Gasteiger partial charge in [0.25, 0.3) is 5.91 Å². The maximum Gasteiger partial charge on any atom is 0.328 e. The highest BCUT2D eigenvalue weighted by atomic mass is 16.7. The highest BCUT2D eigenvalue weighted by Gasteiger charge is 2.26. The number of ether oxygens (including phenoxy) is 3. The van der Waals surface area contributed by atoms with Crippen molar-refractivity contribution in [3.05, 3.63) is 23.8 Å². The zero-order chi connectivity index (χ0) is 14.7. The molecule has 0 saturated heterocycles. The SMILES string of the molecule is COC(=O)[C@@H](NC(=O)c1ccc2c(c1)OCO2)C(C)C. The number of esters is 1. The van der Waals surface area contributed by atoms with Crippen molar-refractivity contribution in [2.75, 3.05) is 13.9 Å². The number of amides is 1. The van der Waals surface area contributed by atoms with Gasteiger partial charge in [0.2, 0.25) is 6.79 Å². The van der Waals surface area contributed by atoms with Crippen molar-refractivity contribution in [1.29, 1.82) is 0 Å². The molecule has 6 nitrogen and oxygen atoms in total. The Morgan fingerprint density at radius 2 is 1.95 bits per heavy atom. The van der Waals surface area contributed by atoms with E-state index in [1.807, 2.05) is 13.8 Å². The van der Waals surface area contributed by atoms with E-state index in [0.29, 0.717) is 17.1 Å². The number of benzene rings is 1. The molecule has 0 aliphatic carbocycles. The second-order valence-corrected chi connectivity index (χ2v) is 4.79. The minimum atomic E-state index is -0.682. The van der Waals surface area contributed by atoms with Crippen LogP contribution in [0.2, 0.25) is 0 Å². The average Bonchev–Trinajstić information content (AvgIpc) is 2.90. The number of carbonyl (C=O) groups excluding carboxylic acids is 2. The average molecular weight is 279 g/mol. The summed E-state index contributed by atoms with van der Waals surface area (Å²) in [4.78, 5) is 23.8. The summed E-state index contributed by atoms with van der Waals surface area (Å²) >= 11 is 0. The maximum absolute atomic E-state index is 12.2. The number of nitrogens with one attached hydrogen (secondary N) is 1. The van der Waals surface area contributed by atoms with Crippen LogP contribution in [-0.2, 0) is 9.53 Å². The zero-order valence-corrected chi connectivity index (χ0v) is 11.6. The third kappa shape index (κ3) is 2.84. The lowest BCUT2D eigenvalue weighted by Gasteiger charge is -2.19. The van der Waals surface area contributed by atoms with E-state index in [0.717, 1.165) is 0 Å². The highest BCUT2D eigenvalue weighted by Crippen LogP contribution is 2.32. The van der Waals surface area contributed by atoms with Crippen LogP contribution in [0.3, 0.4) is 0 Å². The van der Waals surface area contributed by atoms with Gasteiger partial charge in [0.1, 0.15) is 6.04 Å². The zero-order valence-electron chi connectivity index (χ0n) is 11.6. The van der Waals surface area contributed by atoms with Crippen LogP contribution in [0.25, 0.3) is 0 Å². The van der Waals surface area contributed by atoms with E-state index in [1.165, 1.54) is 7.11 Å². The van der Waals surface area contributed by atoms with E-state index in [4.69, 9.17) is 9.47 Å². The summed E-state index contributed by atoms with van der Waals surface area (Å²) in [7, 11) is 1.30. The minimum Gasteiger partial charge on any atom is -0.467 e. The minimum absolute atomic E-state index is 0.0691. The number of hydrogen-bond acceptors (Lipinski definition) is 5. The lowest BCUT2D eigenvalue weighted by Crippen LogP contribution is -2.45. The van der Waals surface area contributed by atoms with Gasteiger partial charge in [-0.2, -0.15) is 0 Å². The Hall–Kier alpha value is -2.24. The van der Waals surface area contributed by atoms with Crippen molar-refractivity contribution >= 4 is 11.9 Å². The molecule has 1 aliphatic rings. The van der Waals surface area contributed by atoms with Crippen LogP contribution in [0.1, 0.15) is 24.2 Å². The van der Waals surface area contributed by atoms with Crippen molar-refractivity contribution in [3.63, 3.8) is 0 Å². The fourth-order valence-electron chi connectivity index (χ4n) is 1.89. The predicted molar refractivity (Wildman–Crippen MR) is 70.7 cm³/mol. The van der Waals surface area contributed by atoms with Crippen LogP contribution in [0, 0.1) is 5.92 Å². The molecular weight excluding hydrogens is 262 g/mol. The van der Waals surface area contributed by atoms with Gasteiger partial charge < -0.3 is 19.5 Å². The van der Waals surface area contributed by atoms with E-state index in [2.05, 4.69) is 10.1 Å². The Kier molecular flexibility index (Phi) is 4.12. The molecule has 0 spiro atoms. The maximum atomic E-state index is 12.2. The van der Waals surface area contributed by atoms with E-state index in [9.17, 15) is 9.59 Å². The molecule has 6 heteroatoms. The van der Waals surface area contributed by atoms with Crippen molar-refractivity contribution in [2.24, 2.45) is 5.92 Å². The van der Waals surface area contributed by atoms with E-state index >= 15 is 0 Å². The van der Waals surface area contributed by atoms with Crippen LogP contribution in [-0.4, -0.2) is 31.8 Å². The first-order valence-corrected chi connectivity index (χ1v) is 6.31. The van der Waals surface area contributed by atoms with Gasteiger partial charge in [0.15, 0.2) is 11.5 Å². The topological polar surface area (TPSA) is 73.9 Å². The van der Waals surface area contributed by atoms with Gasteiger partial charge in [-0.15, -0.1) is 0 Å². The number of carbonyl (C=O) groups is 2. The summed E-state index contributed by atoms with van der Waals surface area (Å²) in [6.45, 7) is 3.82. The normalized spacial score (nSPS) is 14.0. The second kappa shape index (κ2) is 5.81. The molecular formula is C14H17NO5. The van der Waals surface area contributed by atoms with Gasteiger partial charge in [-0.25, -0.2) is 4.79 Å². The van der Waals surface area contributed by atoms with E-state index in [-0.39, 0.29) is 18.6 Å². The summed E-state index contributed by atoms with van der Waals surface area (Å²) in [5, 5.41) is 2.66. The first-order valence-electron chi connectivity index (χ1n) is 6.31. The standard InChI is InChI=1S/C14H17NO5/c1-8(2)12(14(17)18-3)15-13(16)9-4-5-10-11(6-9)20-7-19-10/h4-6,8,12H,7H2,1-3H3,(H,15,16)/t12-/m0/s1. The molecule has 108 valence electrons. The first kappa shape index (κ1) is 14.2. The fraction of sp³-hybridized carbons (Fsp3) is 0.429. The summed E-state index contributed by atoms with van der Waals surface area (Å²) in [5.41, 5.74) is 0.406. The highest BCUT2D eigenvalue weighted by molar-refractivity contribution is 5.97. The molecule has 1 aliphatic heterocycles. The summed E-state index contributed by atoms with van der Waals surface area (Å²) in [6, 6.07) is 4.20. The smallest absolute Gasteiger partial charge is 0.328 e. The predicted octanol–water partition coefficient (Wildman–Crippen LogP) is 1.34. The van der Waals surface area contributed by atoms with E-state index < -0.39 is 12.0 Å². The molecule has 0 bridgehead atoms. The number of methoxy groups -OCH3 is 1. The summed E-state index contributed by atoms with van der Waals surface area (Å²) in [5.74, 6) is 0.244. The summed E-state index contributed by atoms with van der Waals surface area (Å²) < 4.78 is 15.1. The largest absolute Gasteiger partial charge is 0.467 e. The molecule has 0 unspecified atom stereocenters. The molecule has 1 atom stereocenters. The molecule has 20 heavy (non-hydrogen) atoms. The third-order valence-electron chi connectivity index (χ3n) is 3.04. The molecule has 0 radical (unpaired) electrons. The summed E-state index contributed by atoms with van der Waals surface area (Å²) in [6.07, 6.45) is 0. The molecule has 1 N–H and O–H groups in total. The molecule has 1 aromatic rings. The van der Waals surface area contributed by atoms with Gasteiger partial charge >= 0.3 is 5.97 Å². The monoisotopic (exact) mass is 279 g/mol. The number of rotatable bonds is 4. The van der Waals surface area contributed by atoms with Crippen LogP contribution in [0.15, 0.2) is 18.2 Å². The first-order chi connectivity index (χ1) is 9.52. The molecule has 1 aromatic carbocycles. The van der Waals surface area contributed by atoms with Crippen molar-refractivity contribution in [3.8, 4) is 11.5 Å². The molecule has 1 heterocycles. The van der Waals surface area contributed by atoms with Gasteiger partial charge in [0, 0.05) is 5.56 Å². The Morgan fingerprint density at radius 1 is 1.25 bits per heavy atom. The Labute approximate surface area is 117 Å². The third-order valence-corrected chi connectivity index (χ3v) is 3.04. The molecule has 1 amide bonds. The van der Waals surface area contributed by atoms with Crippen molar-refractivity contribution in [1.82, 2.24) is 5.32 Å².